The fourth-order valence-electron chi connectivity index (χ4n) is 4.70. The molecule has 188 valence electrons. The second kappa shape index (κ2) is 10.2. The van der Waals surface area contributed by atoms with Gasteiger partial charge >= 0.3 is 5.97 Å². The third-order valence-electron chi connectivity index (χ3n) is 6.75. The summed E-state index contributed by atoms with van der Waals surface area (Å²) in [5.41, 5.74) is 2.31. The second-order valence-corrected chi connectivity index (χ2v) is 11.0. The van der Waals surface area contributed by atoms with Crippen LogP contribution in [0.15, 0.2) is 47.4 Å². The van der Waals surface area contributed by atoms with Crippen LogP contribution in [-0.2, 0) is 26.2 Å². The average molecular weight is 502 g/mol. The van der Waals surface area contributed by atoms with Crippen molar-refractivity contribution < 1.29 is 27.9 Å². The van der Waals surface area contributed by atoms with Gasteiger partial charge in [-0.2, -0.15) is 4.31 Å². The van der Waals surface area contributed by atoms with Gasteiger partial charge in [-0.1, -0.05) is 12.1 Å². The van der Waals surface area contributed by atoms with Crippen molar-refractivity contribution in [2.24, 2.45) is 5.92 Å². The van der Waals surface area contributed by atoms with Gasteiger partial charge in [-0.3, -0.25) is 9.59 Å². The number of carbonyl (C=O) groups is 2. The predicted molar refractivity (Wildman–Crippen MR) is 132 cm³/mol. The van der Waals surface area contributed by atoms with Crippen LogP contribution in [0.3, 0.4) is 0 Å². The van der Waals surface area contributed by atoms with E-state index in [0.29, 0.717) is 44.6 Å². The van der Waals surface area contributed by atoms with E-state index in [1.165, 1.54) is 24.5 Å². The smallest absolute Gasteiger partial charge is 0.306 e. The number of aliphatic carboxylic acids is 1. The third kappa shape index (κ3) is 5.28. The lowest BCUT2D eigenvalue weighted by Crippen LogP contribution is -2.36. The Morgan fingerprint density at radius 3 is 2.49 bits per heavy atom. The third-order valence-corrected chi connectivity index (χ3v) is 8.57. The molecule has 0 atom stereocenters. The first-order chi connectivity index (χ1) is 16.7. The van der Waals surface area contributed by atoms with Crippen LogP contribution in [0.4, 0.5) is 11.4 Å². The zero-order valence-corrected chi connectivity index (χ0v) is 20.8. The number of sulfonamides is 1. The van der Waals surface area contributed by atoms with E-state index in [4.69, 9.17) is 4.74 Å². The Kier molecular flexibility index (Phi) is 7.32. The van der Waals surface area contributed by atoms with Gasteiger partial charge < -0.3 is 19.6 Å². The van der Waals surface area contributed by atoms with Crippen LogP contribution in [0.5, 0.6) is 5.75 Å². The molecule has 35 heavy (non-hydrogen) atoms. The van der Waals surface area contributed by atoms with Crippen LogP contribution in [0, 0.1) is 5.92 Å². The minimum Gasteiger partial charge on any atom is -0.495 e. The van der Waals surface area contributed by atoms with E-state index in [2.05, 4.69) is 4.90 Å². The van der Waals surface area contributed by atoms with Gasteiger partial charge in [0.15, 0.2) is 0 Å². The lowest BCUT2D eigenvalue weighted by Gasteiger charge is -2.32. The number of methoxy groups -OCH3 is 1. The summed E-state index contributed by atoms with van der Waals surface area (Å²) in [4.78, 5) is 27.2. The number of rotatable bonds is 8. The van der Waals surface area contributed by atoms with Crippen molar-refractivity contribution in [2.75, 3.05) is 43.6 Å². The number of benzene rings is 2. The summed E-state index contributed by atoms with van der Waals surface area (Å²) in [5, 5.41) is 9.23. The van der Waals surface area contributed by atoms with Gasteiger partial charge in [0.1, 0.15) is 10.6 Å². The van der Waals surface area contributed by atoms with Crippen LogP contribution < -0.4 is 14.5 Å². The maximum absolute atomic E-state index is 13.5. The molecule has 2 fully saturated rings. The minimum absolute atomic E-state index is 0.0175. The van der Waals surface area contributed by atoms with E-state index in [-0.39, 0.29) is 29.0 Å². The zero-order valence-electron chi connectivity index (χ0n) is 20.0. The van der Waals surface area contributed by atoms with Gasteiger partial charge in [0.2, 0.25) is 15.9 Å². The number of carboxylic acids is 1. The number of amides is 1. The van der Waals surface area contributed by atoms with Gasteiger partial charge in [0.25, 0.3) is 0 Å². The van der Waals surface area contributed by atoms with Crippen molar-refractivity contribution in [3.63, 3.8) is 0 Å². The first kappa shape index (κ1) is 25.0. The Morgan fingerprint density at radius 2 is 1.86 bits per heavy atom. The van der Waals surface area contributed by atoms with E-state index in [1.807, 2.05) is 24.3 Å². The van der Waals surface area contributed by atoms with Crippen molar-refractivity contribution in [3.8, 4) is 5.75 Å². The van der Waals surface area contributed by atoms with Crippen LogP contribution in [0.25, 0.3) is 0 Å². The molecule has 0 spiro atoms. The summed E-state index contributed by atoms with van der Waals surface area (Å²) in [5.74, 6) is -0.857. The Balaban J connectivity index is 1.53. The van der Waals surface area contributed by atoms with Gasteiger partial charge in [0, 0.05) is 51.0 Å². The monoisotopic (exact) mass is 501 g/mol. The fraction of sp³-hybridized carbons (Fsp3) is 0.440. The van der Waals surface area contributed by atoms with E-state index < -0.39 is 16.0 Å². The molecule has 4 rings (SSSR count). The van der Waals surface area contributed by atoms with Gasteiger partial charge in [-0.25, -0.2) is 8.42 Å². The Labute approximate surface area is 205 Å². The molecule has 0 unspecified atom stereocenters. The molecule has 0 radical (unpaired) electrons. The Morgan fingerprint density at radius 1 is 1.11 bits per heavy atom. The van der Waals surface area contributed by atoms with E-state index in [1.54, 1.807) is 17.0 Å². The van der Waals surface area contributed by atoms with Crippen LogP contribution >= 0.6 is 0 Å². The maximum atomic E-state index is 13.5. The van der Waals surface area contributed by atoms with Crippen molar-refractivity contribution in [2.45, 2.75) is 37.1 Å². The first-order valence-electron chi connectivity index (χ1n) is 11.7. The van der Waals surface area contributed by atoms with Crippen molar-refractivity contribution >= 4 is 33.3 Å². The molecule has 9 nitrogen and oxygen atoms in total. The molecule has 1 N–H and O–H groups in total. The first-order valence-corrected chi connectivity index (χ1v) is 13.2. The lowest BCUT2D eigenvalue weighted by molar-refractivity contribution is -0.142. The standard InChI is InChI=1S/C25H31N3O6S/c1-26(17-18-5-3-6-20(15-18)27-13-10-19(11-14-27)25(30)31)35(32,33)23-16-21(8-9-22(23)34-2)28-12-4-7-24(28)29/h3,5-6,8-9,15-16,19H,4,7,10-14,17H2,1-2H3,(H,30,31). The number of piperidine rings is 1. The molecular formula is C25H31N3O6S. The molecular weight excluding hydrogens is 470 g/mol. The van der Waals surface area contributed by atoms with E-state index in [0.717, 1.165) is 17.7 Å². The van der Waals surface area contributed by atoms with Gasteiger partial charge in [0.05, 0.1) is 13.0 Å². The molecule has 0 aliphatic carbocycles. The largest absolute Gasteiger partial charge is 0.495 e. The lowest BCUT2D eigenvalue weighted by atomic mass is 9.96. The zero-order chi connectivity index (χ0) is 25.2. The minimum atomic E-state index is -3.91. The number of carbonyl (C=O) groups excluding carboxylic acids is 1. The summed E-state index contributed by atoms with van der Waals surface area (Å²) in [6.07, 6.45) is 2.38. The number of nitrogens with zero attached hydrogens (tertiary/aromatic N) is 3. The molecule has 2 saturated heterocycles. The van der Waals surface area contributed by atoms with Crippen molar-refractivity contribution in [3.05, 3.63) is 48.0 Å². The molecule has 0 aromatic heterocycles. The maximum Gasteiger partial charge on any atom is 0.306 e. The summed E-state index contributed by atoms with van der Waals surface area (Å²) in [7, 11) is -0.969. The van der Waals surface area contributed by atoms with Crippen LogP contribution in [0.2, 0.25) is 0 Å². The second-order valence-electron chi connectivity index (χ2n) is 9.01. The molecule has 0 bridgehead atoms. The number of ether oxygens (including phenoxy) is 1. The quantitative estimate of drug-likeness (QED) is 0.593. The molecule has 2 aliphatic heterocycles. The highest BCUT2D eigenvalue weighted by Gasteiger charge is 2.29. The molecule has 2 aliphatic rings. The SMILES string of the molecule is COc1ccc(N2CCCC2=O)cc1S(=O)(=O)N(C)Cc1cccc(N2CCC(C(=O)O)CC2)c1. The molecule has 2 aromatic rings. The molecule has 1 amide bonds. The Hall–Kier alpha value is -3.11. The summed E-state index contributed by atoms with van der Waals surface area (Å²) in [6, 6.07) is 12.5. The topological polar surface area (TPSA) is 107 Å². The fourth-order valence-corrected chi connectivity index (χ4v) is 6.03. The predicted octanol–water partition coefficient (Wildman–Crippen LogP) is 2.94. The molecule has 0 saturated carbocycles. The van der Waals surface area contributed by atoms with Gasteiger partial charge in [-0.05, 0) is 55.2 Å². The van der Waals surface area contributed by atoms with Crippen LogP contribution in [-0.4, -0.2) is 63.5 Å². The normalized spacial score (nSPS) is 17.3. The number of hydrogen-bond acceptors (Lipinski definition) is 6. The number of anilines is 2. The summed E-state index contributed by atoms with van der Waals surface area (Å²) in [6.45, 7) is 2.01. The molecule has 10 heteroatoms. The number of carboxylic acid groups (broad SMARTS) is 1. The molecule has 2 aromatic carbocycles. The number of hydrogen-bond donors (Lipinski definition) is 1. The highest BCUT2D eigenvalue weighted by Crippen LogP contribution is 2.33. The highest BCUT2D eigenvalue weighted by atomic mass is 32.2. The highest BCUT2D eigenvalue weighted by molar-refractivity contribution is 7.89. The van der Waals surface area contributed by atoms with Crippen molar-refractivity contribution in [1.29, 1.82) is 0 Å². The summed E-state index contributed by atoms with van der Waals surface area (Å²) < 4.78 is 33.7. The van der Waals surface area contributed by atoms with Crippen LogP contribution in [0.1, 0.15) is 31.2 Å². The van der Waals surface area contributed by atoms with E-state index in [9.17, 15) is 23.1 Å². The van der Waals surface area contributed by atoms with Gasteiger partial charge in [-0.15, -0.1) is 0 Å². The summed E-state index contributed by atoms with van der Waals surface area (Å²) >= 11 is 0. The average Bonchev–Trinajstić information content (AvgIpc) is 3.29. The Bertz CT molecular complexity index is 1210. The molecule has 2 heterocycles. The van der Waals surface area contributed by atoms with Crippen molar-refractivity contribution in [1.82, 2.24) is 4.31 Å². The van der Waals surface area contributed by atoms with E-state index >= 15 is 0 Å².